The molecule has 2 rings (SSSR count). The quantitative estimate of drug-likeness (QED) is 0.797. The van der Waals surface area contributed by atoms with Crippen LogP contribution in [0.3, 0.4) is 0 Å². The fourth-order valence-electron chi connectivity index (χ4n) is 2.47. The second-order valence-electron chi connectivity index (χ2n) is 7.17. The molecule has 1 N–H and O–H groups in total. The van der Waals surface area contributed by atoms with Crippen molar-refractivity contribution >= 4 is 5.69 Å². The highest BCUT2D eigenvalue weighted by Crippen LogP contribution is 2.33. The van der Waals surface area contributed by atoms with Crippen molar-refractivity contribution in [3.63, 3.8) is 0 Å². The maximum atomic E-state index is 14.5. The SMILES string of the molecule is CCCCN(c1ccc(CNC(C)(C)C)cc1F)C1CC1. The van der Waals surface area contributed by atoms with Crippen molar-refractivity contribution in [2.75, 3.05) is 11.4 Å². The number of nitrogens with zero attached hydrogens (tertiary/aromatic N) is 1. The van der Waals surface area contributed by atoms with E-state index in [4.69, 9.17) is 0 Å². The van der Waals surface area contributed by atoms with Crippen LogP contribution in [0.5, 0.6) is 0 Å². The minimum atomic E-state index is -0.0776. The summed E-state index contributed by atoms with van der Waals surface area (Å²) in [6.45, 7) is 10.2. The highest BCUT2D eigenvalue weighted by atomic mass is 19.1. The molecular formula is C18H29FN2. The smallest absolute Gasteiger partial charge is 0.146 e. The van der Waals surface area contributed by atoms with Gasteiger partial charge in [0.1, 0.15) is 5.82 Å². The molecule has 3 heteroatoms. The van der Waals surface area contributed by atoms with Crippen LogP contribution < -0.4 is 10.2 Å². The molecule has 0 heterocycles. The molecule has 1 aromatic rings. The molecule has 0 aliphatic heterocycles. The van der Waals surface area contributed by atoms with E-state index in [1.165, 1.54) is 12.8 Å². The van der Waals surface area contributed by atoms with Gasteiger partial charge >= 0.3 is 0 Å². The van der Waals surface area contributed by atoms with Gasteiger partial charge in [0, 0.05) is 24.7 Å². The Morgan fingerprint density at radius 2 is 2.00 bits per heavy atom. The molecule has 1 aromatic carbocycles. The van der Waals surface area contributed by atoms with Crippen LogP contribution in [0.2, 0.25) is 0 Å². The summed E-state index contributed by atoms with van der Waals surface area (Å²) in [5.74, 6) is -0.0776. The Morgan fingerprint density at radius 3 is 2.52 bits per heavy atom. The molecule has 1 aliphatic rings. The third kappa shape index (κ3) is 4.99. The van der Waals surface area contributed by atoms with Crippen molar-refractivity contribution in [2.24, 2.45) is 0 Å². The number of hydrogen-bond donors (Lipinski definition) is 1. The summed E-state index contributed by atoms with van der Waals surface area (Å²) in [7, 11) is 0. The van der Waals surface area contributed by atoms with E-state index in [0.717, 1.165) is 30.6 Å². The highest BCUT2D eigenvalue weighted by Gasteiger charge is 2.30. The summed E-state index contributed by atoms with van der Waals surface area (Å²) < 4.78 is 14.5. The Morgan fingerprint density at radius 1 is 1.29 bits per heavy atom. The first-order valence-electron chi connectivity index (χ1n) is 8.21. The Hall–Kier alpha value is -1.09. The van der Waals surface area contributed by atoms with E-state index in [-0.39, 0.29) is 11.4 Å². The van der Waals surface area contributed by atoms with Crippen LogP contribution in [-0.4, -0.2) is 18.1 Å². The van der Waals surface area contributed by atoms with Gasteiger partial charge in [-0.2, -0.15) is 0 Å². The second-order valence-corrected chi connectivity index (χ2v) is 7.17. The number of rotatable bonds is 7. The lowest BCUT2D eigenvalue weighted by atomic mass is 10.1. The predicted octanol–water partition coefficient (Wildman–Crippen LogP) is 4.48. The third-order valence-corrected chi connectivity index (χ3v) is 3.88. The first-order valence-corrected chi connectivity index (χ1v) is 8.21. The fraction of sp³-hybridized carbons (Fsp3) is 0.667. The zero-order valence-electron chi connectivity index (χ0n) is 13.9. The van der Waals surface area contributed by atoms with E-state index in [1.54, 1.807) is 6.07 Å². The van der Waals surface area contributed by atoms with E-state index >= 15 is 0 Å². The van der Waals surface area contributed by atoms with Crippen LogP contribution in [0.1, 0.15) is 58.9 Å². The van der Waals surface area contributed by atoms with Crippen LogP contribution in [0.4, 0.5) is 10.1 Å². The van der Waals surface area contributed by atoms with Gasteiger partial charge < -0.3 is 10.2 Å². The van der Waals surface area contributed by atoms with Crippen LogP contribution in [0, 0.1) is 5.82 Å². The summed E-state index contributed by atoms with van der Waals surface area (Å²) in [4.78, 5) is 2.26. The molecular weight excluding hydrogens is 263 g/mol. The molecule has 1 saturated carbocycles. The lowest BCUT2D eigenvalue weighted by Crippen LogP contribution is -2.35. The molecule has 1 aliphatic carbocycles. The Bertz CT molecular complexity index is 461. The van der Waals surface area contributed by atoms with Gasteiger partial charge in [-0.3, -0.25) is 0 Å². The fourth-order valence-corrected chi connectivity index (χ4v) is 2.47. The van der Waals surface area contributed by atoms with E-state index in [0.29, 0.717) is 12.6 Å². The average molecular weight is 292 g/mol. The Labute approximate surface area is 128 Å². The molecule has 0 amide bonds. The van der Waals surface area contributed by atoms with Crippen molar-refractivity contribution < 1.29 is 4.39 Å². The third-order valence-electron chi connectivity index (χ3n) is 3.88. The standard InChI is InChI=1S/C18H29FN2/c1-5-6-11-21(15-8-9-15)17-10-7-14(12-16(17)19)13-20-18(2,3)4/h7,10,12,15,20H,5-6,8-9,11,13H2,1-4H3. The minimum absolute atomic E-state index is 0.0519. The number of anilines is 1. The van der Waals surface area contributed by atoms with Crippen LogP contribution >= 0.6 is 0 Å². The Balaban J connectivity index is 2.06. The van der Waals surface area contributed by atoms with Crippen LogP contribution in [0.15, 0.2) is 18.2 Å². The Kier molecular flexibility index (Phi) is 5.26. The molecule has 0 bridgehead atoms. The number of halogens is 1. The van der Waals surface area contributed by atoms with Crippen molar-refractivity contribution in [3.8, 4) is 0 Å². The number of unbranched alkanes of at least 4 members (excludes halogenated alkanes) is 1. The lowest BCUT2D eigenvalue weighted by molar-refractivity contribution is 0.423. The predicted molar refractivity (Wildman–Crippen MR) is 88.3 cm³/mol. The summed E-state index contributed by atoms with van der Waals surface area (Å²) in [6, 6.07) is 6.27. The van der Waals surface area contributed by atoms with Crippen molar-refractivity contribution in [3.05, 3.63) is 29.6 Å². The molecule has 0 saturated heterocycles. The van der Waals surface area contributed by atoms with Gasteiger partial charge in [0.2, 0.25) is 0 Å². The molecule has 2 nitrogen and oxygen atoms in total. The van der Waals surface area contributed by atoms with Gasteiger partial charge in [-0.15, -0.1) is 0 Å². The zero-order valence-corrected chi connectivity index (χ0v) is 13.9. The largest absolute Gasteiger partial charge is 0.366 e. The van der Waals surface area contributed by atoms with Crippen molar-refractivity contribution in [2.45, 2.75) is 71.5 Å². The number of nitrogens with one attached hydrogen (secondary N) is 1. The molecule has 0 atom stereocenters. The molecule has 0 radical (unpaired) electrons. The molecule has 0 aromatic heterocycles. The maximum Gasteiger partial charge on any atom is 0.146 e. The van der Waals surface area contributed by atoms with Gasteiger partial charge in [-0.25, -0.2) is 4.39 Å². The summed E-state index contributed by atoms with van der Waals surface area (Å²) >= 11 is 0. The van der Waals surface area contributed by atoms with E-state index in [1.807, 2.05) is 6.07 Å². The first kappa shape index (κ1) is 16.3. The maximum absolute atomic E-state index is 14.5. The number of benzene rings is 1. The van der Waals surface area contributed by atoms with Gasteiger partial charge in [-0.1, -0.05) is 19.4 Å². The van der Waals surface area contributed by atoms with Crippen LogP contribution in [-0.2, 0) is 6.54 Å². The zero-order chi connectivity index (χ0) is 15.5. The molecule has 0 spiro atoms. The van der Waals surface area contributed by atoms with Crippen molar-refractivity contribution in [1.82, 2.24) is 5.32 Å². The van der Waals surface area contributed by atoms with E-state index < -0.39 is 0 Å². The summed E-state index contributed by atoms with van der Waals surface area (Å²) in [5.41, 5.74) is 1.85. The summed E-state index contributed by atoms with van der Waals surface area (Å²) in [6.07, 6.45) is 4.69. The van der Waals surface area contributed by atoms with E-state index in [9.17, 15) is 4.39 Å². The monoisotopic (exact) mass is 292 g/mol. The molecule has 0 unspecified atom stereocenters. The minimum Gasteiger partial charge on any atom is -0.366 e. The van der Waals surface area contributed by atoms with Gasteiger partial charge in [0.05, 0.1) is 5.69 Å². The highest BCUT2D eigenvalue weighted by molar-refractivity contribution is 5.51. The number of hydrogen-bond acceptors (Lipinski definition) is 2. The molecule has 118 valence electrons. The molecule has 1 fully saturated rings. The van der Waals surface area contributed by atoms with Gasteiger partial charge in [-0.05, 0) is 57.7 Å². The summed E-state index contributed by atoms with van der Waals surface area (Å²) in [5, 5.41) is 3.40. The van der Waals surface area contributed by atoms with E-state index in [2.05, 4.69) is 44.0 Å². The second kappa shape index (κ2) is 6.78. The van der Waals surface area contributed by atoms with Gasteiger partial charge in [0.25, 0.3) is 0 Å². The van der Waals surface area contributed by atoms with Crippen molar-refractivity contribution in [1.29, 1.82) is 0 Å². The average Bonchev–Trinajstić information content (AvgIpc) is 3.22. The molecule has 21 heavy (non-hydrogen) atoms. The van der Waals surface area contributed by atoms with Crippen LogP contribution in [0.25, 0.3) is 0 Å². The normalized spacial score (nSPS) is 15.3. The topological polar surface area (TPSA) is 15.3 Å². The van der Waals surface area contributed by atoms with Gasteiger partial charge in [0.15, 0.2) is 0 Å². The lowest BCUT2D eigenvalue weighted by Gasteiger charge is -2.26. The first-order chi connectivity index (χ1) is 9.90.